The van der Waals surface area contributed by atoms with E-state index in [1.165, 1.54) is 6.42 Å². The van der Waals surface area contributed by atoms with Gasteiger partial charge in [-0.2, -0.15) is 0 Å². The third kappa shape index (κ3) is 3.05. The first-order valence-electron chi connectivity index (χ1n) is 7.44. The number of carbonyl (C=O) groups is 1. The third-order valence-corrected chi connectivity index (χ3v) is 4.75. The van der Waals surface area contributed by atoms with E-state index in [4.69, 9.17) is 0 Å². The highest BCUT2D eigenvalue weighted by molar-refractivity contribution is 5.79. The second kappa shape index (κ2) is 5.60. The summed E-state index contributed by atoms with van der Waals surface area (Å²) in [5.41, 5.74) is 0. The summed E-state index contributed by atoms with van der Waals surface area (Å²) in [6.07, 6.45) is 4.05. The normalized spacial score (nSPS) is 38.8. The molecule has 1 amide bonds. The predicted octanol–water partition coefficient (Wildman–Crippen LogP) is 2.29. The van der Waals surface area contributed by atoms with Crippen LogP contribution in [0.3, 0.4) is 0 Å². The number of aliphatic hydroxyl groups is 1. The highest BCUT2D eigenvalue weighted by atomic mass is 16.3. The summed E-state index contributed by atoms with van der Waals surface area (Å²) >= 11 is 0. The van der Waals surface area contributed by atoms with Crippen molar-refractivity contribution in [3.05, 3.63) is 0 Å². The Balaban J connectivity index is 1.91. The molecule has 2 aliphatic rings. The zero-order valence-corrected chi connectivity index (χ0v) is 11.9. The second-order valence-corrected chi connectivity index (χ2v) is 6.69. The highest BCUT2D eigenvalue weighted by Crippen LogP contribution is 2.35. The molecular weight excluding hydrogens is 226 g/mol. The SMILES string of the molecule is CC1CC(C)CC(C(=O)N2CCC(C(C)O)C2)C1. The van der Waals surface area contributed by atoms with E-state index in [0.29, 0.717) is 17.7 Å². The fourth-order valence-corrected chi connectivity index (χ4v) is 3.79. The minimum atomic E-state index is -0.285. The molecule has 0 aromatic carbocycles. The number of likely N-dealkylation sites (tertiary alicyclic amines) is 1. The maximum absolute atomic E-state index is 12.5. The van der Waals surface area contributed by atoms with Gasteiger partial charge < -0.3 is 10.0 Å². The smallest absolute Gasteiger partial charge is 0.225 e. The first kappa shape index (κ1) is 13.9. The van der Waals surface area contributed by atoms with Crippen molar-refractivity contribution in [3.8, 4) is 0 Å². The van der Waals surface area contributed by atoms with Gasteiger partial charge >= 0.3 is 0 Å². The van der Waals surface area contributed by atoms with Gasteiger partial charge in [0.1, 0.15) is 0 Å². The molecule has 0 aromatic rings. The third-order valence-electron chi connectivity index (χ3n) is 4.75. The molecule has 1 saturated carbocycles. The van der Waals surface area contributed by atoms with Crippen molar-refractivity contribution < 1.29 is 9.90 Å². The van der Waals surface area contributed by atoms with Crippen LogP contribution in [0.5, 0.6) is 0 Å². The van der Waals surface area contributed by atoms with Crippen LogP contribution in [-0.2, 0) is 4.79 Å². The molecule has 104 valence electrons. The monoisotopic (exact) mass is 253 g/mol. The quantitative estimate of drug-likeness (QED) is 0.820. The first-order valence-corrected chi connectivity index (χ1v) is 7.44. The van der Waals surface area contributed by atoms with Gasteiger partial charge in [0.15, 0.2) is 0 Å². The molecule has 0 spiro atoms. The molecule has 1 heterocycles. The molecule has 1 N–H and O–H groups in total. The van der Waals surface area contributed by atoms with Crippen LogP contribution < -0.4 is 0 Å². The van der Waals surface area contributed by atoms with E-state index >= 15 is 0 Å². The summed E-state index contributed by atoms with van der Waals surface area (Å²) in [6, 6.07) is 0. The van der Waals surface area contributed by atoms with Gasteiger partial charge in [-0.1, -0.05) is 13.8 Å². The molecule has 3 nitrogen and oxygen atoms in total. The molecule has 2 rings (SSSR count). The van der Waals surface area contributed by atoms with Gasteiger partial charge in [-0.3, -0.25) is 4.79 Å². The molecule has 4 unspecified atom stereocenters. The fourth-order valence-electron chi connectivity index (χ4n) is 3.79. The van der Waals surface area contributed by atoms with Crippen molar-refractivity contribution in [2.45, 2.75) is 52.6 Å². The largest absolute Gasteiger partial charge is 0.393 e. The van der Waals surface area contributed by atoms with Crippen LogP contribution in [0.4, 0.5) is 0 Å². The van der Waals surface area contributed by atoms with Crippen LogP contribution in [0.2, 0.25) is 0 Å². The summed E-state index contributed by atoms with van der Waals surface area (Å²) in [5.74, 6) is 2.22. The maximum atomic E-state index is 12.5. The molecule has 4 atom stereocenters. The molecular formula is C15H27NO2. The lowest BCUT2D eigenvalue weighted by atomic mass is 9.76. The van der Waals surface area contributed by atoms with Crippen molar-refractivity contribution >= 4 is 5.91 Å². The standard InChI is InChI=1S/C15H27NO2/c1-10-6-11(2)8-14(7-10)15(18)16-5-4-13(9-16)12(3)17/h10-14,17H,4-9H2,1-3H3. The van der Waals surface area contributed by atoms with Crippen LogP contribution in [-0.4, -0.2) is 35.1 Å². The summed E-state index contributed by atoms with van der Waals surface area (Å²) < 4.78 is 0. The van der Waals surface area contributed by atoms with Gasteiger partial charge in [-0.15, -0.1) is 0 Å². The number of aliphatic hydroxyl groups excluding tert-OH is 1. The van der Waals surface area contributed by atoms with Crippen molar-refractivity contribution in [1.29, 1.82) is 0 Å². The van der Waals surface area contributed by atoms with Gasteiger partial charge in [-0.05, 0) is 44.4 Å². The molecule has 0 radical (unpaired) electrons. The van der Waals surface area contributed by atoms with E-state index in [-0.39, 0.29) is 17.9 Å². The molecule has 3 heteroatoms. The number of rotatable bonds is 2. The average molecular weight is 253 g/mol. The molecule has 1 aliphatic heterocycles. The Morgan fingerprint density at radius 3 is 2.33 bits per heavy atom. The summed E-state index contributed by atoms with van der Waals surface area (Å²) in [5, 5.41) is 9.61. The number of nitrogens with zero attached hydrogens (tertiary/aromatic N) is 1. The van der Waals surface area contributed by atoms with Crippen LogP contribution in [0.25, 0.3) is 0 Å². The number of carbonyl (C=O) groups excluding carboxylic acids is 1. The molecule has 0 aromatic heterocycles. The molecule has 1 saturated heterocycles. The summed E-state index contributed by atoms with van der Waals surface area (Å²) in [4.78, 5) is 14.5. The van der Waals surface area contributed by atoms with E-state index in [9.17, 15) is 9.90 Å². The Labute approximate surface area is 111 Å². The van der Waals surface area contributed by atoms with Crippen molar-refractivity contribution in [1.82, 2.24) is 4.90 Å². The van der Waals surface area contributed by atoms with Crippen LogP contribution in [0.15, 0.2) is 0 Å². The fraction of sp³-hybridized carbons (Fsp3) is 0.933. The Kier molecular flexibility index (Phi) is 4.31. The topological polar surface area (TPSA) is 40.5 Å². The molecule has 18 heavy (non-hydrogen) atoms. The van der Waals surface area contributed by atoms with E-state index in [1.54, 1.807) is 0 Å². The second-order valence-electron chi connectivity index (χ2n) is 6.69. The number of hydrogen-bond donors (Lipinski definition) is 1. The minimum absolute atomic E-state index is 0.233. The molecule has 1 aliphatic carbocycles. The van der Waals surface area contributed by atoms with Crippen molar-refractivity contribution in [2.24, 2.45) is 23.7 Å². The predicted molar refractivity (Wildman–Crippen MR) is 72.0 cm³/mol. The highest BCUT2D eigenvalue weighted by Gasteiger charge is 2.35. The zero-order valence-electron chi connectivity index (χ0n) is 11.9. The van der Waals surface area contributed by atoms with E-state index < -0.39 is 0 Å². The lowest BCUT2D eigenvalue weighted by Crippen LogP contribution is -2.38. The van der Waals surface area contributed by atoms with E-state index in [2.05, 4.69) is 13.8 Å². The van der Waals surface area contributed by atoms with Crippen molar-refractivity contribution in [2.75, 3.05) is 13.1 Å². The van der Waals surface area contributed by atoms with Crippen LogP contribution >= 0.6 is 0 Å². The summed E-state index contributed by atoms with van der Waals surface area (Å²) in [6.45, 7) is 7.96. The Hall–Kier alpha value is -0.570. The first-order chi connectivity index (χ1) is 8.47. The maximum Gasteiger partial charge on any atom is 0.225 e. The summed E-state index contributed by atoms with van der Waals surface area (Å²) in [7, 11) is 0. The van der Waals surface area contributed by atoms with Crippen LogP contribution in [0, 0.1) is 23.7 Å². The Bertz CT molecular complexity index is 293. The van der Waals surface area contributed by atoms with Crippen molar-refractivity contribution in [3.63, 3.8) is 0 Å². The Morgan fingerprint density at radius 2 is 1.83 bits per heavy atom. The molecule has 2 fully saturated rings. The molecule has 0 bridgehead atoms. The van der Waals surface area contributed by atoms with E-state index in [1.807, 2.05) is 11.8 Å². The zero-order chi connectivity index (χ0) is 13.3. The van der Waals surface area contributed by atoms with Gasteiger partial charge in [0.2, 0.25) is 5.91 Å². The average Bonchev–Trinajstić information content (AvgIpc) is 2.75. The number of hydrogen-bond acceptors (Lipinski definition) is 2. The van der Waals surface area contributed by atoms with Gasteiger partial charge in [-0.25, -0.2) is 0 Å². The lowest BCUT2D eigenvalue weighted by molar-refractivity contribution is -0.136. The van der Waals surface area contributed by atoms with Crippen LogP contribution in [0.1, 0.15) is 46.5 Å². The van der Waals surface area contributed by atoms with Gasteiger partial charge in [0.05, 0.1) is 6.10 Å². The minimum Gasteiger partial charge on any atom is -0.393 e. The lowest BCUT2D eigenvalue weighted by Gasteiger charge is -2.33. The Morgan fingerprint density at radius 1 is 1.22 bits per heavy atom. The van der Waals surface area contributed by atoms with Gasteiger partial charge in [0.25, 0.3) is 0 Å². The van der Waals surface area contributed by atoms with E-state index in [0.717, 1.165) is 32.4 Å². The van der Waals surface area contributed by atoms with Gasteiger partial charge in [0, 0.05) is 24.9 Å². The number of amides is 1.